The van der Waals surface area contributed by atoms with Gasteiger partial charge >= 0.3 is 0 Å². The summed E-state index contributed by atoms with van der Waals surface area (Å²) in [6, 6.07) is 8.09. The Morgan fingerprint density at radius 3 is 2.12 bits per heavy atom. The van der Waals surface area contributed by atoms with E-state index in [4.69, 9.17) is 9.47 Å². The quantitative estimate of drug-likeness (QED) is 0.644. The Bertz CT molecular complexity index is 512. The van der Waals surface area contributed by atoms with Crippen LogP contribution in [-0.4, -0.2) is 48.1 Å². The van der Waals surface area contributed by atoms with Crippen LogP contribution in [0.3, 0.4) is 0 Å². The summed E-state index contributed by atoms with van der Waals surface area (Å²) in [7, 11) is 0. The molecule has 0 bridgehead atoms. The van der Waals surface area contributed by atoms with E-state index in [0.29, 0.717) is 25.8 Å². The molecule has 1 aromatic carbocycles. The van der Waals surface area contributed by atoms with E-state index in [1.54, 1.807) is 0 Å². The van der Waals surface area contributed by atoms with Gasteiger partial charge in [-0.05, 0) is 58.9 Å². The van der Waals surface area contributed by atoms with Crippen molar-refractivity contribution in [2.75, 3.05) is 19.8 Å². The molecule has 1 fully saturated rings. The Balaban J connectivity index is 1.74. The highest BCUT2D eigenvalue weighted by molar-refractivity contribution is 5.31. The maximum absolute atomic E-state index is 10.3. The number of quaternary nitrogens is 2. The summed E-state index contributed by atoms with van der Waals surface area (Å²) in [6.07, 6.45) is 1.84. The summed E-state index contributed by atoms with van der Waals surface area (Å²) in [5.41, 5.74) is 0.513. The fourth-order valence-electron chi connectivity index (χ4n) is 4.17. The predicted octanol–water partition coefficient (Wildman–Crippen LogP) is 0.671. The first-order valence-electron chi connectivity index (χ1n) is 9.43. The number of nitrogens with two attached hydrogens (primary N) is 2. The lowest BCUT2D eigenvalue weighted by atomic mass is 9.79. The van der Waals surface area contributed by atoms with Crippen molar-refractivity contribution in [3.63, 3.8) is 0 Å². The van der Waals surface area contributed by atoms with Crippen LogP contribution in [0.2, 0.25) is 0 Å². The fourth-order valence-corrected chi connectivity index (χ4v) is 4.17. The van der Waals surface area contributed by atoms with Gasteiger partial charge in [-0.3, -0.25) is 0 Å². The van der Waals surface area contributed by atoms with Crippen LogP contribution in [0, 0.1) is 0 Å². The highest BCUT2D eigenvalue weighted by Crippen LogP contribution is 2.20. The third kappa shape index (κ3) is 6.84. The van der Waals surface area contributed by atoms with Crippen LogP contribution in [0.25, 0.3) is 0 Å². The Hall–Kier alpha value is -1.30. The molecule has 0 aromatic heterocycles. The standard InChI is InChI=1S/C20H34N2O3/c1-6-24-17-7-9-18(10-8-17)25-14-16(23)13-21-15-11-19(2,3)22-20(4,5)12-15/h7-10,15-16,21-23H,6,11-14H2,1-5H3/p+2/t16-/m1/s1. The van der Waals surface area contributed by atoms with Crippen LogP contribution < -0.4 is 20.1 Å². The molecule has 1 atom stereocenters. The molecule has 142 valence electrons. The van der Waals surface area contributed by atoms with Crippen molar-refractivity contribution in [1.82, 2.24) is 0 Å². The molecule has 1 heterocycles. The van der Waals surface area contributed by atoms with Crippen molar-refractivity contribution in [3.8, 4) is 11.5 Å². The number of ether oxygens (including phenoxy) is 2. The second-order valence-electron chi connectivity index (χ2n) is 8.63. The zero-order valence-corrected chi connectivity index (χ0v) is 16.4. The molecule has 0 unspecified atom stereocenters. The monoisotopic (exact) mass is 352 g/mol. The minimum Gasteiger partial charge on any atom is -0.494 e. The van der Waals surface area contributed by atoms with Crippen molar-refractivity contribution >= 4 is 0 Å². The molecule has 1 aliphatic rings. The molecule has 0 saturated carbocycles. The number of hydrogen-bond acceptors (Lipinski definition) is 3. The molecule has 5 nitrogen and oxygen atoms in total. The minimum atomic E-state index is -0.469. The van der Waals surface area contributed by atoms with Gasteiger partial charge in [-0.25, -0.2) is 0 Å². The van der Waals surface area contributed by atoms with Crippen molar-refractivity contribution in [2.24, 2.45) is 0 Å². The molecule has 1 aromatic rings. The summed E-state index contributed by atoms with van der Waals surface area (Å²) in [5, 5.41) is 15.0. The largest absolute Gasteiger partial charge is 0.494 e. The number of piperidine rings is 1. The van der Waals surface area contributed by atoms with E-state index in [0.717, 1.165) is 24.3 Å². The Morgan fingerprint density at radius 2 is 1.60 bits per heavy atom. The zero-order chi connectivity index (χ0) is 18.5. The third-order valence-corrected chi connectivity index (χ3v) is 4.68. The molecule has 5 heteroatoms. The van der Waals surface area contributed by atoms with Crippen LogP contribution in [-0.2, 0) is 0 Å². The van der Waals surface area contributed by atoms with E-state index >= 15 is 0 Å². The average molecular weight is 353 g/mol. The lowest BCUT2D eigenvalue weighted by molar-refractivity contribution is -0.814. The summed E-state index contributed by atoms with van der Waals surface area (Å²) in [5.74, 6) is 1.60. The van der Waals surface area contributed by atoms with Gasteiger partial charge in [0.25, 0.3) is 0 Å². The van der Waals surface area contributed by atoms with E-state index in [1.165, 1.54) is 0 Å². The lowest BCUT2D eigenvalue weighted by Gasteiger charge is -2.41. The number of hydrogen-bond donors (Lipinski definition) is 3. The number of aliphatic hydroxyl groups excluding tert-OH is 1. The van der Waals surface area contributed by atoms with E-state index in [9.17, 15) is 5.11 Å². The van der Waals surface area contributed by atoms with Gasteiger partial charge in [-0.15, -0.1) is 0 Å². The molecule has 2 rings (SSSR count). The molecular weight excluding hydrogens is 316 g/mol. The van der Waals surface area contributed by atoms with Gasteiger partial charge in [0, 0.05) is 0 Å². The predicted molar refractivity (Wildman–Crippen MR) is 99.0 cm³/mol. The maximum Gasteiger partial charge on any atom is 0.137 e. The first-order valence-corrected chi connectivity index (χ1v) is 9.43. The van der Waals surface area contributed by atoms with Crippen LogP contribution in [0.1, 0.15) is 47.5 Å². The normalized spacial score (nSPS) is 20.9. The molecule has 0 aliphatic carbocycles. The molecule has 0 radical (unpaired) electrons. The fraction of sp³-hybridized carbons (Fsp3) is 0.700. The molecule has 1 aliphatic heterocycles. The molecule has 25 heavy (non-hydrogen) atoms. The van der Waals surface area contributed by atoms with Gasteiger partial charge in [0.15, 0.2) is 0 Å². The van der Waals surface area contributed by atoms with Gasteiger partial charge in [0.2, 0.25) is 0 Å². The van der Waals surface area contributed by atoms with Crippen LogP contribution in [0.15, 0.2) is 24.3 Å². The zero-order valence-electron chi connectivity index (χ0n) is 16.4. The molecule has 0 amide bonds. The Morgan fingerprint density at radius 1 is 1.08 bits per heavy atom. The average Bonchev–Trinajstić information content (AvgIpc) is 2.49. The topological polar surface area (TPSA) is 71.9 Å². The highest BCUT2D eigenvalue weighted by atomic mass is 16.5. The van der Waals surface area contributed by atoms with Crippen molar-refractivity contribution < 1.29 is 25.2 Å². The summed E-state index contributed by atoms with van der Waals surface area (Å²) >= 11 is 0. The van der Waals surface area contributed by atoms with Gasteiger partial charge in [-0.2, -0.15) is 0 Å². The van der Waals surface area contributed by atoms with Crippen LogP contribution in [0.5, 0.6) is 11.5 Å². The van der Waals surface area contributed by atoms with Gasteiger partial charge in [0.1, 0.15) is 30.8 Å². The summed E-state index contributed by atoms with van der Waals surface area (Å²) in [4.78, 5) is 0. The highest BCUT2D eigenvalue weighted by Gasteiger charge is 2.43. The Labute approximate surface area is 152 Å². The Kier molecular flexibility index (Phi) is 6.72. The number of benzene rings is 1. The second kappa shape index (κ2) is 8.39. The van der Waals surface area contributed by atoms with Gasteiger partial charge in [0.05, 0.1) is 36.6 Å². The molecule has 5 N–H and O–H groups in total. The van der Waals surface area contributed by atoms with Crippen LogP contribution >= 0.6 is 0 Å². The molecular formula is C20H36N2O3+2. The van der Waals surface area contributed by atoms with Crippen molar-refractivity contribution in [1.29, 1.82) is 0 Å². The number of aliphatic hydroxyl groups is 1. The lowest BCUT2D eigenvalue weighted by Crippen LogP contribution is -3.09. The maximum atomic E-state index is 10.3. The van der Waals surface area contributed by atoms with E-state index in [1.807, 2.05) is 31.2 Å². The molecule has 1 saturated heterocycles. The smallest absolute Gasteiger partial charge is 0.137 e. The first kappa shape index (κ1) is 20.0. The van der Waals surface area contributed by atoms with Gasteiger partial charge in [-0.1, -0.05) is 0 Å². The molecule has 0 spiro atoms. The van der Waals surface area contributed by atoms with E-state index in [2.05, 4.69) is 38.3 Å². The van der Waals surface area contributed by atoms with Crippen LogP contribution in [0.4, 0.5) is 0 Å². The second-order valence-corrected chi connectivity index (χ2v) is 8.63. The summed E-state index contributed by atoms with van der Waals surface area (Å²) in [6.45, 7) is 12.8. The van der Waals surface area contributed by atoms with Crippen molar-refractivity contribution in [3.05, 3.63) is 24.3 Å². The summed E-state index contributed by atoms with van der Waals surface area (Å²) < 4.78 is 11.1. The SMILES string of the molecule is CCOc1ccc(OC[C@H](O)C[NH2+]C2CC(C)(C)[NH2+]C(C)(C)C2)cc1. The minimum absolute atomic E-state index is 0.257. The number of rotatable bonds is 8. The first-order chi connectivity index (χ1) is 11.7. The van der Waals surface area contributed by atoms with Gasteiger partial charge < -0.3 is 25.2 Å². The van der Waals surface area contributed by atoms with E-state index < -0.39 is 6.10 Å². The third-order valence-electron chi connectivity index (χ3n) is 4.68. The van der Waals surface area contributed by atoms with E-state index in [-0.39, 0.29) is 11.1 Å². The van der Waals surface area contributed by atoms with Crippen molar-refractivity contribution in [2.45, 2.75) is 70.7 Å².